The van der Waals surface area contributed by atoms with E-state index in [2.05, 4.69) is 10.4 Å². The molecule has 0 radical (unpaired) electrons. The summed E-state index contributed by atoms with van der Waals surface area (Å²) >= 11 is 1.72. The number of thioether (sulfide) groups is 1. The number of rotatable bonds is 3. The second-order valence-electron chi connectivity index (χ2n) is 6.87. The van der Waals surface area contributed by atoms with Crippen LogP contribution >= 0.6 is 11.8 Å². The molecule has 1 saturated heterocycles. The summed E-state index contributed by atoms with van der Waals surface area (Å²) in [4.78, 5) is 37.7. The Balaban J connectivity index is 1.52. The minimum atomic E-state index is -0.851. The lowest BCUT2D eigenvalue weighted by molar-refractivity contribution is -0.148. The first-order chi connectivity index (χ1) is 13.5. The SMILES string of the molecule is O=C(Nc1c2c(nn1-c1ccccc1)CSC2)C(=O)N1CCC(C(=O)O)CC1. The maximum atomic E-state index is 12.6. The van der Waals surface area contributed by atoms with E-state index < -0.39 is 23.7 Å². The van der Waals surface area contributed by atoms with E-state index in [1.807, 2.05) is 30.3 Å². The Kier molecular flexibility index (Phi) is 5.08. The van der Waals surface area contributed by atoms with Crippen LogP contribution in [0.15, 0.2) is 30.3 Å². The summed E-state index contributed by atoms with van der Waals surface area (Å²) in [5.74, 6) is -0.618. The van der Waals surface area contributed by atoms with Gasteiger partial charge in [0.25, 0.3) is 0 Å². The number of carboxylic acids is 1. The molecule has 0 aliphatic carbocycles. The molecule has 0 spiro atoms. The van der Waals surface area contributed by atoms with Gasteiger partial charge in [-0.3, -0.25) is 14.4 Å². The molecule has 28 heavy (non-hydrogen) atoms. The second kappa shape index (κ2) is 7.67. The molecule has 2 amide bonds. The molecule has 0 unspecified atom stereocenters. The zero-order valence-electron chi connectivity index (χ0n) is 15.1. The van der Waals surface area contributed by atoms with Gasteiger partial charge in [0.2, 0.25) is 0 Å². The first-order valence-corrected chi connectivity index (χ1v) is 10.3. The van der Waals surface area contributed by atoms with E-state index in [9.17, 15) is 14.4 Å². The lowest BCUT2D eigenvalue weighted by Gasteiger charge is -2.29. The number of hydrogen-bond acceptors (Lipinski definition) is 5. The number of aromatic nitrogens is 2. The largest absolute Gasteiger partial charge is 0.481 e. The molecule has 9 heteroatoms. The van der Waals surface area contributed by atoms with Gasteiger partial charge in [0.1, 0.15) is 5.82 Å². The summed E-state index contributed by atoms with van der Waals surface area (Å²) in [5.41, 5.74) is 2.67. The summed E-state index contributed by atoms with van der Waals surface area (Å²) in [6, 6.07) is 9.46. The van der Waals surface area contributed by atoms with Crippen molar-refractivity contribution < 1.29 is 19.5 Å². The van der Waals surface area contributed by atoms with Gasteiger partial charge in [-0.25, -0.2) is 4.68 Å². The number of amides is 2. The molecule has 0 saturated carbocycles. The number of piperidine rings is 1. The van der Waals surface area contributed by atoms with E-state index in [4.69, 9.17) is 5.11 Å². The third kappa shape index (κ3) is 3.49. The molecular weight excluding hydrogens is 380 g/mol. The first-order valence-electron chi connectivity index (χ1n) is 9.11. The quantitative estimate of drug-likeness (QED) is 0.763. The number of carboxylic acid groups (broad SMARTS) is 1. The van der Waals surface area contributed by atoms with Crippen LogP contribution < -0.4 is 5.32 Å². The highest BCUT2D eigenvalue weighted by Crippen LogP contribution is 2.36. The Bertz CT molecular complexity index is 920. The fourth-order valence-corrected chi connectivity index (χ4v) is 4.57. The van der Waals surface area contributed by atoms with E-state index in [0.717, 1.165) is 28.5 Å². The van der Waals surface area contributed by atoms with Crippen molar-refractivity contribution in [3.63, 3.8) is 0 Å². The van der Waals surface area contributed by atoms with Gasteiger partial charge >= 0.3 is 17.8 Å². The van der Waals surface area contributed by atoms with Gasteiger partial charge in [-0.15, -0.1) is 0 Å². The predicted molar refractivity (Wildman–Crippen MR) is 104 cm³/mol. The number of hydrogen-bond donors (Lipinski definition) is 2. The van der Waals surface area contributed by atoms with Gasteiger partial charge in [-0.2, -0.15) is 16.9 Å². The van der Waals surface area contributed by atoms with Crippen molar-refractivity contribution in [3.05, 3.63) is 41.6 Å². The number of fused-ring (bicyclic) bond motifs is 1. The molecule has 3 heterocycles. The number of nitrogens with zero attached hydrogens (tertiary/aromatic N) is 3. The maximum Gasteiger partial charge on any atom is 0.315 e. The van der Waals surface area contributed by atoms with Crippen molar-refractivity contribution in [3.8, 4) is 5.69 Å². The Morgan fingerprint density at radius 3 is 2.50 bits per heavy atom. The fourth-order valence-electron chi connectivity index (χ4n) is 3.53. The summed E-state index contributed by atoms with van der Waals surface area (Å²) in [6.07, 6.45) is 0.727. The fraction of sp³-hybridized carbons (Fsp3) is 0.368. The van der Waals surface area contributed by atoms with Crippen LogP contribution in [0.5, 0.6) is 0 Å². The van der Waals surface area contributed by atoms with Crippen molar-refractivity contribution in [2.45, 2.75) is 24.3 Å². The zero-order chi connectivity index (χ0) is 19.7. The standard InChI is InChI=1S/C19H20N4O4S/c24-17(18(25)22-8-6-12(7-9-22)19(26)27)20-16-14-10-28-11-15(14)21-23(16)13-4-2-1-3-5-13/h1-5,12H,6-11H2,(H,20,24)(H,26,27). The average Bonchev–Trinajstić information content (AvgIpc) is 3.30. The molecule has 2 aliphatic heterocycles. The lowest BCUT2D eigenvalue weighted by Crippen LogP contribution is -2.45. The number of anilines is 1. The second-order valence-corrected chi connectivity index (χ2v) is 7.86. The average molecular weight is 400 g/mol. The van der Waals surface area contributed by atoms with Crippen LogP contribution in [-0.4, -0.2) is 50.7 Å². The third-order valence-corrected chi connectivity index (χ3v) is 6.08. The normalized spacial score (nSPS) is 16.6. The zero-order valence-corrected chi connectivity index (χ0v) is 15.9. The van der Waals surface area contributed by atoms with Crippen molar-refractivity contribution in [1.29, 1.82) is 0 Å². The van der Waals surface area contributed by atoms with Crippen LogP contribution in [0.2, 0.25) is 0 Å². The minimum absolute atomic E-state index is 0.273. The molecule has 0 bridgehead atoms. The van der Waals surface area contributed by atoms with Gasteiger partial charge in [0, 0.05) is 30.2 Å². The summed E-state index contributed by atoms with van der Waals surface area (Å²) in [5, 5.41) is 16.4. The number of aliphatic carboxylic acids is 1. The lowest BCUT2D eigenvalue weighted by atomic mass is 9.97. The molecular formula is C19H20N4O4S. The molecule has 0 atom stereocenters. The number of carbonyl (C=O) groups is 3. The van der Waals surface area contributed by atoms with E-state index in [1.54, 1.807) is 16.4 Å². The third-order valence-electron chi connectivity index (χ3n) is 5.11. The highest BCUT2D eigenvalue weighted by molar-refractivity contribution is 7.98. The topological polar surface area (TPSA) is 105 Å². The van der Waals surface area contributed by atoms with Crippen LogP contribution in [0.3, 0.4) is 0 Å². The molecule has 1 aromatic heterocycles. The van der Waals surface area contributed by atoms with E-state index in [1.165, 1.54) is 4.90 Å². The number of para-hydroxylation sites is 1. The monoisotopic (exact) mass is 400 g/mol. The number of benzene rings is 1. The van der Waals surface area contributed by atoms with Crippen LogP contribution in [0, 0.1) is 5.92 Å². The van der Waals surface area contributed by atoms with Crippen molar-refractivity contribution in [2.75, 3.05) is 18.4 Å². The minimum Gasteiger partial charge on any atom is -0.481 e. The molecule has 4 rings (SSSR count). The van der Waals surface area contributed by atoms with Gasteiger partial charge in [0.05, 0.1) is 17.3 Å². The van der Waals surface area contributed by atoms with Crippen molar-refractivity contribution in [1.82, 2.24) is 14.7 Å². The Hall–Kier alpha value is -2.81. The Labute approximate surface area is 165 Å². The number of nitrogens with one attached hydrogen (secondary N) is 1. The molecule has 2 N–H and O–H groups in total. The first kappa shape index (κ1) is 18.5. The van der Waals surface area contributed by atoms with Crippen LogP contribution in [0.25, 0.3) is 5.69 Å². The van der Waals surface area contributed by atoms with Gasteiger partial charge < -0.3 is 15.3 Å². The highest BCUT2D eigenvalue weighted by atomic mass is 32.2. The number of carbonyl (C=O) groups excluding carboxylic acids is 2. The summed E-state index contributed by atoms with van der Waals surface area (Å²) < 4.78 is 1.67. The van der Waals surface area contributed by atoms with Crippen LogP contribution in [0.1, 0.15) is 24.1 Å². The smallest absolute Gasteiger partial charge is 0.315 e. The molecule has 2 aliphatic rings. The highest BCUT2D eigenvalue weighted by Gasteiger charge is 2.32. The molecule has 8 nitrogen and oxygen atoms in total. The van der Waals surface area contributed by atoms with Crippen LogP contribution in [-0.2, 0) is 25.9 Å². The molecule has 1 aromatic carbocycles. The molecule has 1 fully saturated rings. The molecule has 2 aromatic rings. The van der Waals surface area contributed by atoms with Crippen LogP contribution in [0.4, 0.5) is 5.82 Å². The van der Waals surface area contributed by atoms with Crippen molar-refractivity contribution >= 4 is 35.4 Å². The Morgan fingerprint density at radius 1 is 1.11 bits per heavy atom. The van der Waals surface area contributed by atoms with Gasteiger partial charge in [0.15, 0.2) is 0 Å². The summed E-state index contributed by atoms with van der Waals surface area (Å²) in [7, 11) is 0. The Morgan fingerprint density at radius 2 is 1.82 bits per heavy atom. The number of likely N-dealkylation sites (tertiary alicyclic amines) is 1. The van der Waals surface area contributed by atoms with E-state index in [-0.39, 0.29) is 13.1 Å². The molecule has 146 valence electrons. The van der Waals surface area contributed by atoms with E-state index in [0.29, 0.717) is 18.7 Å². The van der Waals surface area contributed by atoms with Gasteiger partial charge in [-0.1, -0.05) is 18.2 Å². The van der Waals surface area contributed by atoms with E-state index >= 15 is 0 Å². The summed E-state index contributed by atoms with van der Waals surface area (Å²) in [6.45, 7) is 0.546. The maximum absolute atomic E-state index is 12.6. The van der Waals surface area contributed by atoms with Gasteiger partial charge in [-0.05, 0) is 25.0 Å². The van der Waals surface area contributed by atoms with Crippen molar-refractivity contribution in [2.24, 2.45) is 5.92 Å². The predicted octanol–water partition coefficient (Wildman–Crippen LogP) is 1.88.